The molecule has 3 heteroatoms. The molecule has 3 rings (SSSR count). The maximum atomic E-state index is 12.4. The number of nitrogens with zero attached hydrogens (tertiary/aromatic N) is 1. The van der Waals surface area contributed by atoms with Crippen LogP contribution in [0.15, 0.2) is 0 Å². The molecule has 3 fully saturated rings. The fraction of sp³-hybridized carbons (Fsp3) is 0.929. The van der Waals surface area contributed by atoms with Crippen LogP contribution in [0.5, 0.6) is 0 Å². The van der Waals surface area contributed by atoms with Crippen LogP contribution < -0.4 is 5.32 Å². The van der Waals surface area contributed by atoms with Gasteiger partial charge < -0.3 is 10.2 Å². The molecule has 0 aromatic rings. The van der Waals surface area contributed by atoms with E-state index in [4.69, 9.17) is 0 Å². The lowest BCUT2D eigenvalue weighted by Gasteiger charge is -2.29. The minimum Gasteiger partial charge on any atom is -0.341 e. The van der Waals surface area contributed by atoms with E-state index in [1.165, 1.54) is 44.9 Å². The predicted molar refractivity (Wildman–Crippen MR) is 67.7 cm³/mol. The van der Waals surface area contributed by atoms with Gasteiger partial charge in [-0.25, -0.2) is 0 Å². The molecule has 3 nitrogen and oxygen atoms in total. The third-order valence-corrected chi connectivity index (χ3v) is 4.83. The lowest BCUT2D eigenvalue weighted by atomic mass is 9.85. The Bertz CT molecular complexity index is 272. The molecule has 1 amide bonds. The molecule has 3 unspecified atom stereocenters. The van der Waals surface area contributed by atoms with Crippen molar-refractivity contribution >= 4 is 5.91 Å². The third-order valence-electron chi connectivity index (χ3n) is 4.83. The minimum absolute atomic E-state index is 0.140. The molecule has 17 heavy (non-hydrogen) atoms. The van der Waals surface area contributed by atoms with Crippen LogP contribution in [-0.4, -0.2) is 36.0 Å². The summed E-state index contributed by atoms with van der Waals surface area (Å²) in [4.78, 5) is 14.5. The number of hydrogen-bond acceptors (Lipinski definition) is 2. The number of hydrogen-bond donors (Lipinski definition) is 1. The lowest BCUT2D eigenvalue weighted by Crippen LogP contribution is -2.47. The Hall–Kier alpha value is -0.570. The van der Waals surface area contributed by atoms with Crippen LogP contribution in [0.25, 0.3) is 0 Å². The van der Waals surface area contributed by atoms with Crippen LogP contribution >= 0.6 is 0 Å². The molecule has 0 spiro atoms. The largest absolute Gasteiger partial charge is 0.341 e. The number of carbonyl (C=O) groups is 1. The molecular weight excluding hydrogens is 212 g/mol. The first kappa shape index (κ1) is 11.5. The van der Waals surface area contributed by atoms with Gasteiger partial charge in [0.05, 0.1) is 6.04 Å². The molecule has 0 radical (unpaired) electrons. The van der Waals surface area contributed by atoms with E-state index in [0.29, 0.717) is 11.9 Å². The molecule has 1 saturated carbocycles. The highest BCUT2D eigenvalue weighted by atomic mass is 16.2. The molecule has 1 aliphatic carbocycles. The van der Waals surface area contributed by atoms with E-state index < -0.39 is 0 Å². The average Bonchev–Trinajstić information content (AvgIpc) is 2.82. The first-order chi connectivity index (χ1) is 8.34. The first-order valence-corrected chi connectivity index (χ1v) is 7.39. The fourth-order valence-electron chi connectivity index (χ4n) is 3.85. The van der Waals surface area contributed by atoms with Gasteiger partial charge in [0.2, 0.25) is 5.91 Å². The maximum Gasteiger partial charge on any atom is 0.239 e. The number of amides is 1. The van der Waals surface area contributed by atoms with Gasteiger partial charge in [-0.15, -0.1) is 0 Å². The number of nitrogens with one attached hydrogen (secondary N) is 1. The molecule has 0 aromatic heterocycles. The summed E-state index contributed by atoms with van der Waals surface area (Å²) in [5, 5.41) is 3.60. The van der Waals surface area contributed by atoms with Crippen molar-refractivity contribution < 1.29 is 4.79 Å². The third kappa shape index (κ3) is 2.35. The highest BCUT2D eigenvalue weighted by Gasteiger charge is 2.39. The van der Waals surface area contributed by atoms with Gasteiger partial charge >= 0.3 is 0 Å². The van der Waals surface area contributed by atoms with Crippen LogP contribution in [0.4, 0.5) is 0 Å². The van der Waals surface area contributed by atoms with E-state index in [1.54, 1.807) is 0 Å². The van der Waals surface area contributed by atoms with Gasteiger partial charge in [-0.3, -0.25) is 4.79 Å². The summed E-state index contributed by atoms with van der Waals surface area (Å²) in [6, 6.07) is 0.781. The molecule has 0 aromatic carbocycles. The molecule has 3 aliphatic rings. The SMILES string of the molecule is O=C(C1CC2CCCCC2N1)N1CCCCC1. The van der Waals surface area contributed by atoms with Crippen LogP contribution in [0.1, 0.15) is 51.4 Å². The monoisotopic (exact) mass is 236 g/mol. The summed E-state index contributed by atoms with van der Waals surface area (Å²) in [6.07, 6.45) is 10.1. The zero-order valence-corrected chi connectivity index (χ0v) is 10.7. The second-order valence-electron chi connectivity index (χ2n) is 5.99. The van der Waals surface area contributed by atoms with E-state index in [0.717, 1.165) is 25.4 Å². The molecule has 2 saturated heterocycles. The van der Waals surface area contributed by atoms with Gasteiger partial charge in [0.25, 0.3) is 0 Å². The number of likely N-dealkylation sites (tertiary alicyclic amines) is 1. The van der Waals surface area contributed by atoms with Crippen molar-refractivity contribution in [1.29, 1.82) is 0 Å². The van der Waals surface area contributed by atoms with Crippen LogP contribution in [0, 0.1) is 5.92 Å². The van der Waals surface area contributed by atoms with Gasteiger partial charge in [0.15, 0.2) is 0 Å². The Labute approximate surface area is 104 Å². The van der Waals surface area contributed by atoms with Gasteiger partial charge in [-0.05, 0) is 44.4 Å². The van der Waals surface area contributed by atoms with Crippen molar-refractivity contribution in [1.82, 2.24) is 10.2 Å². The number of piperidine rings is 1. The summed E-state index contributed by atoms with van der Waals surface area (Å²) in [7, 11) is 0. The Morgan fingerprint density at radius 3 is 2.53 bits per heavy atom. The molecule has 0 bridgehead atoms. The van der Waals surface area contributed by atoms with Crippen molar-refractivity contribution in [2.75, 3.05) is 13.1 Å². The second-order valence-corrected chi connectivity index (χ2v) is 5.99. The van der Waals surface area contributed by atoms with Gasteiger partial charge in [0.1, 0.15) is 0 Å². The van der Waals surface area contributed by atoms with Crippen molar-refractivity contribution in [2.45, 2.75) is 63.5 Å². The smallest absolute Gasteiger partial charge is 0.239 e. The molecule has 2 heterocycles. The van der Waals surface area contributed by atoms with Gasteiger partial charge in [-0.1, -0.05) is 12.8 Å². The molecule has 2 aliphatic heterocycles. The van der Waals surface area contributed by atoms with Crippen LogP contribution in [-0.2, 0) is 4.79 Å². The second kappa shape index (κ2) is 4.97. The lowest BCUT2D eigenvalue weighted by molar-refractivity contribution is -0.134. The molecular formula is C14H24N2O. The summed E-state index contributed by atoms with van der Waals surface area (Å²) < 4.78 is 0. The van der Waals surface area contributed by atoms with Crippen LogP contribution in [0.2, 0.25) is 0 Å². The summed E-state index contributed by atoms with van der Waals surface area (Å²) >= 11 is 0. The van der Waals surface area contributed by atoms with Crippen molar-refractivity contribution in [2.24, 2.45) is 5.92 Å². The van der Waals surface area contributed by atoms with Gasteiger partial charge in [0, 0.05) is 19.1 Å². The minimum atomic E-state index is 0.140. The number of carbonyl (C=O) groups excluding carboxylic acids is 1. The average molecular weight is 236 g/mol. The topological polar surface area (TPSA) is 32.3 Å². The summed E-state index contributed by atoms with van der Waals surface area (Å²) in [5.74, 6) is 1.17. The van der Waals surface area contributed by atoms with E-state index in [1.807, 2.05) is 0 Å². The van der Waals surface area contributed by atoms with Crippen molar-refractivity contribution in [3.63, 3.8) is 0 Å². The Morgan fingerprint density at radius 2 is 1.76 bits per heavy atom. The van der Waals surface area contributed by atoms with Crippen molar-refractivity contribution in [3.05, 3.63) is 0 Å². The Morgan fingerprint density at radius 1 is 1.00 bits per heavy atom. The highest BCUT2D eigenvalue weighted by molar-refractivity contribution is 5.82. The summed E-state index contributed by atoms with van der Waals surface area (Å²) in [6.45, 7) is 1.98. The number of rotatable bonds is 1. The highest BCUT2D eigenvalue weighted by Crippen LogP contribution is 2.33. The van der Waals surface area contributed by atoms with Crippen LogP contribution in [0.3, 0.4) is 0 Å². The fourth-order valence-corrected chi connectivity index (χ4v) is 3.85. The predicted octanol–water partition coefficient (Wildman–Crippen LogP) is 1.92. The quantitative estimate of drug-likeness (QED) is 0.754. The van der Waals surface area contributed by atoms with Gasteiger partial charge in [-0.2, -0.15) is 0 Å². The standard InChI is InChI=1S/C14H24N2O/c17-14(16-8-4-1-5-9-16)13-10-11-6-2-3-7-12(11)15-13/h11-13,15H,1-10H2. The molecule has 1 N–H and O–H groups in total. The van der Waals surface area contributed by atoms with Crippen molar-refractivity contribution in [3.8, 4) is 0 Å². The van der Waals surface area contributed by atoms with E-state index in [2.05, 4.69) is 10.2 Å². The first-order valence-electron chi connectivity index (χ1n) is 7.39. The Balaban J connectivity index is 1.59. The Kier molecular flexibility index (Phi) is 3.37. The van der Waals surface area contributed by atoms with E-state index in [-0.39, 0.29) is 6.04 Å². The normalized spacial score (nSPS) is 37.9. The molecule has 96 valence electrons. The maximum absolute atomic E-state index is 12.4. The zero-order valence-electron chi connectivity index (χ0n) is 10.7. The van der Waals surface area contributed by atoms with E-state index in [9.17, 15) is 4.79 Å². The molecule has 3 atom stereocenters. The number of fused-ring (bicyclic) bond motifs is 1. The zero-order chi connectivity index (χ0) is 11.7. The van der Waals surface area contributed by atoms with E-state index >= 15 is 0 Å². The summed E-state index contributed by atoms with van der Waals surface area (Å²) in [5.41, 5.74) is 0.